The first-order valence-corrected chi connectivity index (χ1v) is 15.0. The summed E-state index contributed by atoms with van der Waals surface area (Å²) in [6.07, 6.45) is 8.54. The average Bonchev–Trinajstić information content (AvgIpc) is 3.41. The van der Waals surface area contributed by atoms with Crippen LogP contribution in [0.5, 0.6) is 0 Å². The van der Waals surface area contributed by atoms with Crippen LogP contribution in [0.1, 0.15) is 36.8 Å². The lowest BCUT2D eigenvalue weighted by Crippen LogP contribution is -2.35. The Balaban J connectivity index is 1.39. The third-order valence-corrected chi connectivity index (χ3v) is 8.64. The van der Waals surface area contributed by atoms with E-state index in [1.54, 1.807) is 0 Å². The molecule has 1 aliphatic rings. The van der Waals surface area contributed by atoms with Crippen LogP contribution in [0.15, 0.2) is 140 Å². The molecule has 0 bridgehead atoms. The van der Waals surface area contributed by atoms with E-state index in [1.165, 1.54) is 33.1 Å². The lowest BCUT2D eigenvalue weighted by molar-refractivity contribution is 0.615. The average molecular weight is 556 g/mol. The Bertz CT molecular complexity index is 2000. The van der Waals surface area contributed by atoms with E-state index in [4.69, 9.17) is 0 Å². The van der Waals surface area contributed by atoms with Gasteiger partial charge in [0, 0.05) is 33.8 Å². The number of para-hydroxylation sites is 3. The molecule has 5 aromatic carbocycles. The van der Waals surface area contributed by atoms with Crippen molar-refractivity contribution in [2.45, 2.75) is 31.7 Å². The number of nitriles is 1. The molecule has 0 fully saturated rings. The molecule has 3 nitrogen and oxygen atoms in total. The Kier molecular flexibility index (Phi) is 6.89. The summed E-state index contributed by atoms with van der Waals surface area (Å²) in [6, 6.07) is 43.3. The highest BCUT2D eigenvalue weighted by atomic mass is 15.2. The highest BCUT2D eigenvalue weighted by molar-refractivity contribution is 6.09. The third kappa shape index (κ3) is 4.62. The second-order valence-corrected chi connectivity index (χ2v) is 11.2. The van der Waals surface area contributed by atoms with Crippen LogP contribution >= 0.6 is 0 Å². The first-order chi connectivity index (χ1) is 21.2. The molecule has 0 spiro atoms. The number of hydrogen-bond donors (Lipinski definition) is 0. The van der Waals surface area contributed by atoms with Crippen molar-refractivity contribution in [2.24, 2.45) is 0 Å². The maximum Gasteiger partial charge on any atom is 0.0992 e. The molecule has 7 rings (SSSR count). The third-order valence-electron chi connectivity index (χ3n) is 8.64. The maximum atomic E-state index is 10.2. The van der Waals surface area contributed by atoms with Crippen LogP contribution in [-0.4, -0.2) is 10.6 Å². The molecule has 0 saturated heterocycles. The SMILES string of the molecule is C=CC1CC(/C=C\CC)N(c2cc(C#N)cc(-c3cccc(-n4c5ccccc5c5ccccc54)c3)c2)c2ccccc21. The van der Waals surface area contributed by atoms with Crippen molar-refractivity contribution < 1.29 is 0 Å². The highest BCUT2D eigenvalue weighted by Crippen LogP contribution is 2.44. The molecule has 208 valence electrons. The zero-order valence-corrected chi connectivity index (χ0v) is 24.3. The molecule has 2 atom stereocenters. The predicted molar refractivity (Wildman–Crippen MR) is 180 cm³/mol. The van der Waals surface area contributed by atoms with E-state index in [1.807, 2.05) is 12.1 Å². The van der Waals surface area contributed by atoms with Gasteiger partial charge in [-0.15, -0.1) is 6.58 Å². The Labute approximate surface area is 253 Å². The quantitative estimate of drug-likeness (QED) is 0.191. The second kappa shape index (κ2) is 11.2. The van der Waals surface area contributed by atoms with E-state index in [2.05, 4.69) is 150 Å². The van der Waals surface area contributed by atoms with E-state index < -0.39 is 0 Å². The van der Waals surface area contributed by atoms with Crippen LogP contribution in [-0.2, 0) is 0 Å². The molecule has 0 aliphatic carbocycles. The fourth-order valence-electron chi connectivity index (χ4n) is 6.71. The molecule has 0 amide bonds. The van der Waals surface area contributed by atoms with Crippen molar-refractivity contribution in [3.8, 4) is 22.9 Å². The van der Waals surface area contributed by atoms with E-state index in [9.17, 15) is 5.26 Å². The Hall–Kier alpha value is -5.33. The van der Waals surface area contributed by atoms with Crippen molar-refractivity contribution in [2.75, 3.05) is 4.90 Å². The van der Waals surface area contributed by atoms with Gasteiger partial charge in [-0.25, -0.2) is 0 Å². The van der Waals surface area contributed by atoms with Gasteiger partial charge in [-0.3, -0.25) is 0 Å². The molecule has 0 radical (unpaired) electrons. The highest BCUT2D eigenvalue weighted by Gasteiger charge is 2.31. The zero-order chi connectivity index (χ0) is 29.3. The number of allylic oxidation sites excluding steroid dienone is 2. The standard InChI is InChI=1S/C40H33N3/c1-3-5-14-32-24-29(4-2)35-16-6-9-19-38(35)42(32)34-23-28(27-41)22-31(26-34)30-13-12-15-33(25-30)43-39-20-10-7-17-36(39)37-18-8-11-21-40(37)43/h4-23,25-26,29,32H,2-3,24H2,1H3/b14-5-. The summed E-state index contributed by atoms with van der Waals surface area (Å²) in [5.41, 5.74) is 9.68. The summed E-state index contributed by atoms with van der Waals surface area (Å²) >= 11 is 0. The molecule has 1 aliphatic heterocycles. The lowest BCUT2D eigenvalue weighted by atomic mass is 9.84. The Morgan fingerprint density at radius 1 is 0.791 bits per heavy atom. The molecule has 0 N–H and O–H groups in total. The monoisotopic (exact) mass is 555 g/mol. The predicted octanol–water partition coefficient (Wildman–Crippen LogP) is 10.5. The minimum Gasteiger partial charge on any atom is -0.334 e. The summed E-state index contributed by atoms with van der Waals surface area (Å²) in [5, 5.41) is 12.6. The number of benzene rings is 5. The van der Waals surface area contributed by atoms with E-state index >= 15 is 0 Å². The largest absolute Gasteiger partial charge is 0.334 e. The molecule has 2 heterocycles. The number of fused-ring (bicyclic) bond motifs is 4. The first-order valence-electron chi connectivity index (χ1n) is 15.0. The van der Waals surface area contributed by atoms with E-state index in [0.717, 1.165) is 35.3 Å². The van der Waals surface area contributed by atoms with Gasteiger partial charge in [0.25, 0.3) is 0 Å². The van der Waals surface area contributed by atoms with Crippen molar-refractivity contribution in [1.82, 2.24) is 4.57 Å². The summed E-state index contributed by atoms with van der Waals surface area (Å²) < 4.78 is 2.34. The van der Waals surface area contributed by atoms with Crippen molar-refractivity contribution >= 4 is 33.2 Å². The van der Waals surface area contributed by atoms with Crippen molar-refractivity contribution in [3.05, 3.63) is 151 Å². The minimum atomic E-state index is 0.156. The van der Waals surface area contributed by atoms with Crippen LogP contribution in [0, 0.1) is 11.3 Å². The summed E-state index contributed by atoms with van der Waals surface area (Å²) in [6.45, 7) is 6.32. The number of nitrogens with zero attached hydrogens (tertiary/aromatic N) is 3. The van der Waals surface area contributed by atoms with Gasteiger partial charge in [0.2, 0.25) is 0 Å². The van der Waals surface area contributed by atoms with Gasteiger partial charge < -0.3 is 9.47 Å². The van der Waals surface area contributed by atoms with Crippen LogP contribution in [0.25, 0.3) is 38.6 Å². The topological polar surface area (TPSA) is 32.0 Å². The molecule has 1 aromatic heterocycles. The summed E-state index contributed by atoms with van der Waals surface area (Å²) in [4.78, 5) is 2.41. The molecule has 0 saturated carbocycles. The van der Waals surface area contributed by atoms with Gasteiger partial charge in [0.1, 0.15) is 0 Å². The molecular formula is C40H33N3. The van der Waals surface area contributed by atoms with Gasteiger partial charge in [0.15, 0.2) is 0 Å². The van der Waals surface area contributed by atoms with Crippen LogP contribution in [0.2, 0.25) is 0 Å². The Morgan fingerprint density at radius 3 is 2.21 bits per heavy atom. The second-order valence-electron chi connectivity index (χ2n) is 11.2. The number of anilines is 2. The fourth-order valence-corrected chi connectivity index (χ4v) is 6.71. The van der Waals surface area contributed by atoms with Crippen LogP contribution in [0.4, 0.5) is 11.4 Å². The number of rotatable bonds is 6. The van der Waals surface area contributed by atoms with Crippen molar-refractivity contribution in [3.63, 3.8) is 0 Å². The number of aromatic nitrogens is 1. The van der Waals surface area contributed by atoms with Gasteiger partial charge in [0.05, 0.1) is 28.7 Å². The molecule has 6 aromatic rings. The molecule has 3 heteroatoms. The fraction of sp³-hybridized carbons (Fsp3) is 0.125. The molecular weight excluding hydrogens is 522 g/mol. The molecule has 2 unspecified atom stereocenters. The smallest absolute Gasteiger partial charge is 0.0992 e. The normalized spacial score (nSPS) is 16.4. The maximum absolute atomic E-state index is 10.2. The van der Waals surface area contributed by atoms with Crippen LogP contribution in [0.3, 0.4) is 0 Å². The van der Waals surface area contributed by atoms with Gasteiger partial charge in [-0.2, -0.15) is 5.26 Å². The minimum absolute atomic E-state index is 0.156. The Morgan fingerprint density at radius 2 is 1.49 bits per heavy atom. The lowest BCUT2D eigenvalue weighted by Gasteiger charge is -2.41. The van der Waals surface area contributed by atoms with Gasteiger partial charge in [-0.1, -0.05) is 91.9 Å². The van der Waals surface area contributed by atoms with Crippen molar-refractivity contribution in [1.29, 1.82) is 5.26 Å². The van der Waals surface area contributed by atoms with E-state index in [-0.39, 0.29) is 12.0 Å². The summed E-state index contributed by atoms with van der Waals surface area (Å²) in [5.74, 6) is 0.278. The van der Waals surface area contributed by atoms with Gasteiger partial charge in [-0.05, 0) is 78.1 Å². The first kappa shape index (κ1) is 26.6. The number of hydrogen-bond acceptors (Lipinski definition) is 2. The van der Waals surface area contributed by atoms with Gasteiger partial charge >= 0.3 is 0 Å². The van der Waals surface area contributed by atoms with Crippen LogP contribution < -0.4 is 4.90 Å². The zero-order valence-electron chi connectivity index (χ0n) is 24.3. The molecule has 43 heavy (non-hydrogen) atoms. The summed E-state index contributed by atoms with van der Waals surface area (Å²) in [7, 11) is 0. The van der Waals surface area contributed by atoms with E-state index in [0.29, 0.717) is 5.56 Å².